The molecule has 1 N–H and O–H groups in total. The number of phenolic OH excluding ortho intramolecular Hbond substituents is 1. The minimum absolute atomic E-state index is 0.178. The van der Waals surface area contributed by atoms with Crippen LogP contribution in [0.1, 0.15) is 5.56 Å². The van der Waals surface area contributed by atoms with Crippen LogP contribution >= 0.6 is 15.9 Å². The largest absolute Gasteiger partial charge is 0.508 e. The summed E-state index contributed by atoms with van der Waals surface area (Å²) in [4.78, 5) is 4.32. The maximum atomic E-state index is 13.1. The van der Waals surface area contributed by atoms with Crippen LogP contribution in [0.3, 0.4) is 0 Å². The van der Waals surface area contributed by atoms with Crippen LogP contribution in [-0.2, 0) is 0 Å². The monoisotopic (exact) mass is 348 g/mol. The molecule has 0 saturated heterocycles. The van der Waals surface area contributed by atoms with Gasteiger partial charge in [-0.3, -0.25) is 0 Å². The van der Waals surface area contributed by atoms with Gasteiger partial charge in [-0.15, -0.1) is 0 Å². The van der Waals surface area contributed by atoms with Gasteiger partial charge in [-0.25, -0.2) is 4.39 Å². The van der Waals surface area contributed by atoms with E-state index in [1.54, 1.807) is 24.3 Å². The van der Waals surface area contributed by atoms with Gasteiger partial charge >= 0.3 is 0 Å². The highest BCUT2D eigenvalue weighted by Gasteiger charge is 2.15. The molecule has 0 spiro atoms. The highest BCUT2D eigenvalue weighted by molar-refractivity contribution is 9.10. The predicted molar refractivity (Wildman–Crippen MR) is 79.2 cm³/mol. The Morgan fingerprint density at radius 1 is 1.14 bits per heavy atom. The van der Waals surface area contributed by atoms with Crippen molar-refractivity contribution in [3.05, 3.63) is 52.3 Å². The first-order valence-electron chi connectivity index (χ1n) is 6.14. The Bertz CT molecular complexity index is 751. The van der Waals surface area contributed by atoms with Crippen molar-refractivity contribution >= 4 is 15.9 Å². The maximum Gasteiger partial charge on any atom is 0.258 e. The molecule has 0 atom stereocenters. The molecule has 4 nitrogen and oxygen atoms in total. The van der Waals surface area contributed by atoms with Crippen LogP contribution in [0.2, 0.25) is 0 Å². The van der Waals surface area contributed by atoms with Gasteiger partial charge in [-0.05, 0) is 64.8 Å². The van der Waals surface area contributed by atoms with Gasteiger partial charge < -0.3 is 9.63 Å². The third-order valence-corrected chi connectivity index (χ3v) is 3.69. The first-order chi connectivity index (χ1) is 10.0. The molecule has 3 rings (SSSR count). The van der Waals surface area contributed by atoms with Gasteiger partial charge in [0.15, 0.2) is 0 Å². The van der Waals surface area contributed by atoms with Gasteiger partial charge in [0.05, 0.1) is 0 Å². The summed E-state index contributed by atoms with van der Waals surface area (Å²) in [5, 5.41) is 13.3. The average molecular weight is 349 g/mol. The lowest BCUT2D eigenvalue weighted by atomic mass is 10.1. The molecule has 2 aromatic carbocycles. The number of hydrogen-bond acceptors (Lipinski definition) is 4. The molecule has 0 saturated carbocycles. The van der Waals surface area contributed by atoms with Crippen molar-refractivity contribution in [2.24, 2.45) is 0 Å². The van der Waals surface area contributed by atoms with Crippen molar-refractivity contribution in [2.75, 3.05) is 0 Å². The topological polar surface area (TPSA) is 59.2 Å². The summed E-state index contributed by atoms with van der Waals surface area (Å²) < 4.78 is 18.9. The second-order valence-corrected chi connectivity index (χ2v) is 5.40. The number of phenols is 1. The van der Waals surface area contributed by atoms with Crippen molar-refractivity contribution in [1.82, 2.24) is 10.1 Å². The number of benzene rings is 2. The predicted octanol–water partition coefficient (Wildman–Crippen LogP) is 4.32. The minimum Gasteiger partial charge on any atom is -0.508 e. The normalized spacial score (nSPS) is 10.8. The Kier molecular flexibility index (Phi) is 3.47. The van der Waals surface area contributed by atoms with Crippen molar-refractivity contribution in [3.63, 3.8) is 0 Å². The zero-order chi connectivity index (χ0) is 15.0. The zero-order valence-electron chi connectivity index (χ0n) is 11.0. The fourth-order valence-electron chi connectivity index (χ4n) is 2.00. The molecule has 21 heavy (non-hydrogen) atoms. The van der Waals surface area contributed by atoms with Crippen molar-refractivity contribution in [1.29, 1.82) is 0 Å². The van der Waals surface area contributed by atoms with Gasteiger partial charge in [-0.2, -0.15) is 4.98 Å². The second kappa shape index (κ2) is 5.29. The quantitative estimate of drug-likeness (QED) is 0.749. The molecular formula is C15H10BrFN2O2. The fourth-order valence-corrected chi connectivity index (χ4v) is 2.53. The third-order valence-electron chi connectivity index (χ3n) is 3.04. The molecule has 0 bridgehead atoms. The van der Waals surface area contributed by atoms with Crippen LogP contribution in [0, 0.1) is 12.7 Å². The third kappa shape index (κ3) is 2.67. The van der Waals surface area contributed by atoms with Crippen LogP contribution in [0.4, 0.5) is 4.39 Å². The van der Waals surface area contributed by atoms with Crippen molar-refractivity contribution in [3.8, 4) is 28.6 Å². The Hall–Kier alpha value is -2.21. The molecule has 0 amide bonds. The van der Waals surface area contributed by atoms with E-state index in [-0.39, 0.29) is 11.6 Å². The Morgan fingerprint density at radius 3 is 2.62 bits per heavy atom. The van der Waals surface area contributed by atoms with E-state index in [0.717, 1.165) is 11.1 Å². The molecule has 0 aliphatic rings. The average Bonchev–Trinajstić information content (AvgIpc) is 2.87. The summed E-state index contributed by atoms with van der Waals surface area (Å²) >= 11 is 3.28. The SMILES string of the molecule is Cc1cc(O)ccc1-c1nc(-c2ccc(F)cc2Br)no1. The molecule has 0 aliphatic heterocycles. The molecule has 0 aliphatic carbocycles. The van der Waals surface area contributed by atoms with Crippen molar-refractivity contribution in [2.45, 2.75) is 6.92 Å². The summed E-state index contributed by atoms with van der Waals surface area (Å²) in [6.07, 6.45) is 0. The molecule has 1 heterocycles. The number of rotatable bonds is 2. The lowest BCUT2D eigenvalue weighted by Crippen LogP contribution is -1.86. The van der Waals surface area contributed by atoms with Gasteiger partial charge in [0, 0.05) is 15.6 Å². The molecule has 0 fully saturated rings. The van der Waals surface area contributed by atoms with E-state index in [4.69, 9.17) is 4.52 Å². The standard InChI is InChI=1S/C15H10BrFN2O2/c1-8-6-10(20)3-5-11(8)15-18-14(19-21-15)12-4-2-9(17)7-13(12)16/h2-7,20H,1H3. The molecule has 6 heteroatoms. The van der Waals surface area contributed by atoms with Crippen LogP contribution in [-0.4, -0.2) is 15.2 Å². The maximum absolute atomic E-state index is 13.1. The number of aromatic nitrogens is 2. The van der Waals surface area contributed by atoms with E-state index in [9.17, 15) is 9.50 Å². The van der Waals surface area contributed by atoms with E-state index in [1.807, 2.05) is 6.92 Å². The molecular weight excluding hydrogens is 339 g/mol. The first-order valence-corrected chi connectivity index (χ1v) is 6.93. The Balaban J connectivity index is 2.03. The smallest absolute Gasteiger partial charge is 0.258 e. The van der Waals surface area contributed by atoms with E-state index in [0.29, 0.717) is 21.8 Å². The highest BCUT2D eigenvalue weighted by Crippen LogP contribution is 2.30. The molecule has 3 aromatic rings. The van der Waals surface area contributed by atoms with Crippen LogP contribution in [0.25, 0.3) is 22.8 Å². The van der Waals surface area contributed by atoms with Crippen LogP contribution in [0.15, 0.2) is 45.4 Å². The van der Waals surface area contributed by atoms with E-state index in [2.05, 4.69) is 26.1 Å². The van der Waals surface area contributed by atoms with Crippen molar-refractivity contribution < 1.29 is 14.0 Å². The summed E-state index contributed by atoms with van der Waals surface area (Å²) in [6.45, 7) is 1.84. The number of halogens is 2. The van der Waals surface area contributed by atoms with Gasteiger partial charge in [0.25, 0.3) is 5.89 Å². The second-order valence-electron chi connectivity index (χ2n) is 4.55. The number of nitrogens with zero attached hydrogens (tertiary/aromatic N) is 2. The Labute approximate surface area is 128 Å². The summed E-state index contributed by atoms with van der Waals surface area (Å²) in [7, 11) is 0. The number of aryl methyl sites for hydroxylation is 1. The lowest BCUT2D eigenvalue weighted by molar-refractivity contribution is 0.432. The molecule has 106 valence electrons. The molecule has 0 radical (unpaired) electrons. The molecule has 0 unspecified atom stereocenters. The highest BCUT2D eigenvalue weighted by atomic mass is 79.9. The van der Waals surface area contributed by atoms with Gasteiger partial charge in [-0.1, -0.05) is 5.16 Å². The minimum atomic E-state index is -0.344. The van der Waals surface area contributed by atoms with Gasteiger partial charge in [0.2, 0.25) is 5.82 Å². The van der Waals surface area contributed by atoms with E-state index in [1.165, 1.54) is 12.1 Å². The number of aromatic hydroxyl groups is 1. The van der Waals surface area contributed by atoms with Crippen LogP contribution in [0.5, 0.6) is 5.75 Å². The Morgan fingerprint density at radius 2 is 1.90 bits per heavy atom. The van der Waals surface area contributed by atoms with E-state index < -0.39 is 0 Å². The van der Waals surface area contributed by atoms with Crippen LogP contribution < -0.4 is 0 Å². The molecule has 1 aromatic heterocycles. The summed E-state index contributed by atoms with van der Waals surface area (Å²) in [6, 6.07) is 9.14. The first kappa shape index (κ1) is 13.8. The van der Waals surface area contributed by atoms with E-state index >= 15 is 0 Å². The number of hydrogen-bond donors (Lipinski definition) is 1. The lowest BCUT2D eigenvalue weighted by Gasteiger charge is -2.00. The fraction of sp³-hybridized carbons (Fsp3) is 0.0667. The summed E-state index contributed by atoms with van der Waals surface area (Å²) in [5.74, 6) is 0.545. The van der Waals surface area contributed by atoms with Gasteiger partial charge in [0.1, 0.15) is 11.6 Å². The zero-order valence-corrected chi connectivity index (χ0v) is 12.6. The summed E-state index contributed by atoms with van der Waals surface area (Å²) in [5.41, 5.74) is 2.20.